The number of hydrogen-bond acceptors (Lipinski definition) is 8. The van der Waals surface area contributed by atoms with Crippen LogP contribution < -0.4 is 20.4 Å². The molecule has 2 aliphatic rings. The first-order valence-electron chi connectivity index (χ1n) is 11.7. The standard InChI is InChI=1S/C25H23F2N5O6/c1-14(33)28-10-17-12-31(24(34)37-17)15-2-4-19(21(26)8-15)20-5-3-16(9-22(20)27)32-13-18(38-25(32)35)11-29-23-6-7-36-30-23/h2-9,17-18H,10-13H2,1H3,(H,28,33)(H,29,30)/t17-,18-/m0/s1. The molecule has 2 aromatic carbocycles. The zero-order valence-electron chi connectivity index (χ0n) is 20.1. The lowest BCUT2D eigenvalue weighted by molar-refractivity contribution is -0.119. The molecule has 38 heavy (non-hydrogen) atoms. The number of ether oxygens (including phenoxy) is 2. The molecule has 2 saturated heterocycles. The number of hydrogen-bond donors (Lipinski definition) is 2. The van der Waals surface area contributed by atoms with E-state index in [0.717, 1.165) is 12.1 Å². The lowest BCUT2D eigenvalue weighted by Gasteiger charge is -2.16. The van der Waals surface area contributed by atoms with E-state index in [9.17, 15) is 14.4 Å². The number of aromatic nitrogens is 1. The summed E-state index contributed by atoms with van der Waals surface area (Å²) in [5, 5.41) is 9.26. The van der Waals surface area contributed by atoms with Gasteiger partial charge in [0.15, 0.2) is 5.82 Å². The van der Waals surface area contributed by atoms with Crippen molar-refractivity contribution in [3.05, 3.63) is 60.4 Å². The molecule has 11 nitrogen and oxygen atoms in total. The molecule has 0 aliphatic carbocycles. The zero-order chi connectivity index (χ0) is 26.8. The Hall–Kier alpha value is -4.68. The van der Waals surface area contributed by atoms with Crippen LogP contribution in [0.3, 0.4) is 0 Å². The molecule has 3 heterocycles. The van der Waals surface area contributed by atoms with Gasteiger partial charge in [0.05, 0.1) is 37.6 Å². The fourth-order valence-corrected chi connectivity index (χ4v) is 4.24. The molecular weight excluding hydrogens is 504 g/mol. The van der Waals surface area contributed by atoms with E-state index in [4.69, 9.17) is 14.0 Å². The Morgan fingerprint density at radius 1 is 0.921 bits per heavy atom. The first-order valence-corrected chi connectivity index (χ1v) is 11.7. The van der Waals surface area contributed by atoms with Gasteiger partial charge in [0.2, 0.25) is 5.91 Å². The topological polar surface area (TPSA) is 126 Å². The molecule has 0 radical (unpaired) electrons. The average Bonchev–Trinajstić information content (AvgIpc) is 3.62. The van der Waals surface area contributed by atoms with Crippen molar-refractivity contribution in [3.63, 3.8) is 0 Å². The SMILES string of the molecule is CC(=O)NC[C@H]1CN(c2ccc(-c3ccc(N4C[C@H](CNc5ccon5)OC4=O)cc3F)c(F)c2)C(=O)O1. The molecule has 198 valence electrons. The third-order valence-electron chi connectivity index (χ3n) is 6.09. The van der Waals surface area contributed by atoms with Crippen LogP contribution in [-0.2, 0) is 14.3 Å². The molecule has 0 spiro atoms. The van der Waals surface area contributed by atoms with Crippen LogP contribution in [0.15, 0.2) is 53.3 Å². The Morgan fingerprint density at radius 3 is 1.95 bits per heavy atom. The van der Waals surface area contributed by atoms with E-state index in [-0.39, 0.29) is 54.6 Å². The van der Waals surface area contributed by atoms with Crippen LogP contribution >= 0.6 is 0 Å². The highest BCUT2D eigenvalue weighted by Gasteiger charge is 2.34. The van der Waals surface area contributed by atoms with Gasteiger partial charge < -0.3 is 24.6 Å². The van der Waals surface area contributed by atoms with Gasteiger partial charge in [-0.25, -0.2) is 18.4 Å². The highest BCUT2D eigenvalue weighted by molar-refractivity contribution is 5.91. The van der Waals surface area contributed by atoms with Crippen molar-refractivity contribution < 1.29 is 37.2 Å². The number of carbonyl (C=O) groups excluding carboxylic acids is 3. The largest absolute Gasteiger partial charge is 0.442 e. The molecule has 3 amide bonds. The summed E-state index contributed by atoms with van der Waals surface area (Å²) in [5.74, 6) is -1.24. The Balaban J connectivity index is 1.27. The second kappa shape index (κ2) is 10.4. The summed E-state index contributed by atoms with van der Waals surface area (Å²) in [6.45, 7) is 2.08. The number of amides is 3. The minimum atomic E-state index is -0.744. The molecule has 0 unspecified atom stereocenters. The van der Waals surface area contributed by atoms with Gasteiger partial charge >= 0.3 is 12.2 Å². The maximum atomic E-state index is 15.1. The summed E-state index contributed by atoms with van der Waals surface area (Å²) in [6, 6.07) is 9.62. The summed E-state index contributed by atoms with van der Waals surface area (Å²) in [6.07, 6.45) is -0.970. The molecule has 2 fully saturated rings. The maximum absolute atomic E-state index is 15.1. The number of nitrogens with zero attached hydrogens (tertiary/aromatic N) is 3. The Kier molecular flexibility index (Phi) is 6.81. The Morgan fingerprint density at radius 2 is 1.47 bits per heavy atom. The molecule has 2 atom stereocenters. The van der Waals surface area contributed by atoms with Crippen molar-refractivity contribution in [3.8, 4) is 11.1 Å². The monoisotopic (exact) mass is 527 g/mol. The predicted octanol–water partition coefficient (Wildman–Crippen LogP) is 3.52. The van der Waals surface area contributed by atoms with Crippen molar-refractivity contribution in [2.24, 2.45) is 0 Å². The van der Waals surface area contributed by atoms with Crippen LogP contribution in [0, 0.1) is 11.6 Å². The van der Waals surface area contributed by atoms with Crippen LogP contribution in [0.4, 0.5) is 35.6 Å². The number of nitrogens with one attached hydrogen (secondary N) is 2. The molecule has 2 aliphatic heterocycles. The Labute approximate surface area is 215 Å². The number of rotatable bonds is 8. The van der Waals surface area contributed by atoms with Crippen molar-refractivity contribution >= 4 is 35.3 Å². The van der Waals surface area contributed by atoms with Gasteiger partial charge in [-0.1, -0.05) is 5.16 Å². The lowest BCUT2D eigenvalue weighted by atomic mass is 10.0. The molecule has 13 heteroatoms. The van der Waals surface area contributed by atoms with Crippen LogP contribution in [0.2, 0.25) is 0 Å². The minimum Gasteiger partial charge on any atom is -0.442 e. The number of benzene rings is 2. The van der Waals surface area contributed by atoms with Crippen LogP contribution in [0.25, 0.3) is 11.1 Å². The fourth-order valence-electron chi connectivity index (χ4n) is 4.24. The molecule has 0 bridgehead atoms. The molecular formula is C25H23F2N5O6. The van der Waals surface area contributed by atoms with E-state index in [2.05, 4.69) is 15.8 Å². The van der Waals surface area contributed by atoms with Gasteiger partial charge in [-0.05, 0) is 36.4 Å². The average molecular weight is 527 g/mol. The molecule has 0 saturated carbocycles. The predicted molar refractivity (Wildman–Crippen MR) is 131 cm³/mol. The summed E-state index contributed by atoms with van der Waals surface area (Å²) < 4.78 is 45.4. The minimum absolute atomic E-state index is 0.0119. The first-order chi connectivity index (χ1) is 18.3. The second-order valence-corrected chi connectivity index (χ2v) is 8.76. The molecule has 2 N–H and O–H groups in total. The smallest absolute Gasteiger partial charge is 0.414 e. The first kappa shape index (κ1) is 25.0. The third-order valence-corrected chi connectivity index (χ3v) is 6.09. The normalized spacial score (nSPS) is 18.9. The zero-order valence-corrected chi connectivity index (χ0v) is 20.1. The number of halogens is 2. The van der Waals surface area contributed by atoms with Gasteiger partial charge in [0, 0.05) is 24.1 Å². The molecule has 1 aromatic heterocycles. The maximum Gasteiger partial charge on any atom is 0.414 e. The van der Waals surface area contributed by atoms with Gasteiger partial charge in [0.1, 0.15) is 30.1 Å². The fraction of sp³-hybridized carbons (Fsp3) is 0.280. The van der Waals surface area contributed by atoms with Gasteiger partial charge in [-0.15, -0.1) is 0 Å². The van der Waals surface area contributed by atoms with Crippen molar-refractivity contribution in [2.45, 2.75) is 19.1 Å². The summed E-state index contributed by atoms with van der Waals surface area (Å²) in [7, 11) is 0. The number of cyclic esters (lactones) is 2. The quantitative estimate of drug-likeness (QED) is 0.456. The third kappa shape index (κ3) is 5.21. The second-order valence-electron chi connectivity index (χ2n) is 8.76. The van der Waals surface area contributed by atoms with Crippen molar-refractivity contribution in [1.82, 2.24) is 10.5 Å². The summed E-state index contributed by atoms with van der Waals surface area (Å²) in [4.78, 5) is 38.2. The lowest BCUT2D eigenvalue weighted by Crippen LogP contribution is -2.33. The molecule has 5 rings (SSSR count). The van der Waals surface area contributed by atoms with E-state index in [1.54, 1.807) is 6.07 Å². The van der Waals surface area contributed by atoms with Crippen LogP contribution in [-0.4, -0.2) is 61.6 Å². The van der Waals surface area contributed by atoms with Gasteiger partial charge in [-0.2, -0.15) is 0 Å². The van der Waals surface area contributed by atoms with E-state index in [1.165, 1.54) is 47.3 Å². The van der Waals surface area contributed by atoms with Crippen LogP contribution in [0.5, 0.6) is 0 Å². The van der Waals surface area contributed by atoms with E-state index in [1.807, 2.05) is 0 Å². The van der Waals surface area contributed by atoms with Crippen LogP contribution in [0.1, 0.15) is 6.92 Å². The van der Waals surface area contributed by atoms with E-state index in [0.29, 0.717) is 5.82 Å². The summed E-state index contributed by atoms with van der Waals surface area (Å²) in [5.41, 5.74) is 0.479. The highest BCUT2D eigenvalue weighted by atomic mass is 19.1. The van der Waals surface area contributed by atoms with Gasteiger partial charge in [0.25, 0.3) is 0 Å². The number of anilines is 3. The van der Waals surface area contributed by atoms with E-state index >= 15 is 8.78 Å². The summed E-state index contributed by atoms with van der Waals surface area (Å²) >= 11 is 0. The number of carbonyl (C=O) groups is 3. The van der Waals surface area contributed by atoms with E-state index < -0.39 is 36.0 Å². The Bertz CT molecular complexity index is 1370. The van der Waals surface area contributed by atoms with Gasteiger partial charge in [-0.3, -0.25) is 14.6 Å². The highest BCUT2D eigenvalue weighted by Crippen LogP contribution is 2.33. The molecule has 3 aromatic rings. The van der Waals surface area contributed by atoms with Crippen molar-refractivity contribution in [1.29, 1.82) is 0 Å². The van der Waals surface area contributed by atoms with Crippen molar-refractivity contribution in [2.75, 3.05) is 41.3 Å².